The minimum absolute atomic E-state index is 0.00151. The highest BCUT2D eigenvalue weighted by Gasteiger charge is 2.36. The monoisotopic (exact) mass is 556 g/mol. The van der Waals surface area contributed by atoms with Crippen LogP contribution in [0.2, 0.25) is 0 Å². The number of ether oxygens (including phenoxy) is 1. The molecule has 2 unspecified atom stereocenters. The summed E-state index contributed by atoms with van der Waals surface area (Å²) in [6.07, 6.45) is 3.39. The third kappa shape index (κ3) is 8.64. The Kier molecular flexibility index (Phi) is 10.7. The van der Waals surface area contributed by atoms with Crippen molar-refractivity contribution >= 4 is 13.8 Å². The van der Waals surface area contributed by atoms with Crippen LogP contribution in [0, 0.1) is 5.92 Å². The summed E-state index contributed by atoms with van der Waals surface area (Å²) < 4.78 is 29.1. The summed E-state index contributed by atoms with van der Waals surface area (Å²) in [5, 5.41) is 11.2. The van der Waals surface area contributed by atoms with Crippen molar-refractivity contribution in [2.75, 3.05) is 0 Å². The lowest BCUT2D eigenvalue weighted by Crippen LogP contribution is -2.31. The van der Waals surface area contributed by atoms with Crippen molar-refractivity contribution < 1.29 is 33.1 Å². The van der Waals surface area contributed by atoms with Crippen LogP contribution in [0.5, 0.6) is 11.5 Å². The predicted octanol–water partition coefficient (Wildman–Crippen LogP) is 7.42. The SMILES string of the molecule is C=C(C)[C@@H]1CCC(C)=C[C@H]1c1c(O)cc(CCC)cc1OC(=O)C(Cc1ccccc1)OP(=O)(O)OC(C)C. The van der Waals surface area contributed by atoms with Gasteiger partial charge < -0.3 is 14.7 Å². The Balaban J connectivity index is 2.04. The Morgan fingerprint density at radius 1 is 1.15 bits per heavy atom. The quantitative estimate of drug-likeness (QED) is 0.121. The molecule has 1 aliphatic rings. The van der Waals surface area contributed by atoms with Gasteiger partial charge in [0.15, 0.2) is 6.10 Å². The van der Waals surface area contributed by atoms with Crippen molar-refractivity contribution in [1.29, 1.82) is 0 Å². The molecule has 0 aliphatic heterocycles. The lowest BCUT2D eigenvalue weighted by Gasteiger charge is -2.32. The van der Waals surface area contributed by atoms with Gasteiger partial charge in [0, 0.05) is 17.9 Å². The first-order valence-electron chi connectivity index (χ1n) is 13.5. The minimum atomic E-state index is -4.57. The summed E-state index contributed by atoms with van der Waals surface area (Å²) in [7, 11) is -4.57. The zero-order valence-electron chi connectivity index (χ0n) is 23.6. The molecular formula is C31H41O7P. The van der Waals surface area contributed by atoms with Crippen molar-refractivity contribution in [1.82, 2.24) is 0 Å². The van der Waals surface area contributed by atoms with E-state index in [-0.39, 0.29) is 29.8 Å². The van der Waals surface area contributed by atoms with E-state index in [0.717, 1.165) is 36.0 Å². The first-order chi connectivity index (χ1) is 18.4. The van der Waals surface area contributed by atoms with E-state index in [1.54, 1.807) is 50.2 Å². The third-order valence-electron chi connectivity index (χ3n) is 6.77. The van der Waals surface area contributed by atoms with Crippen molar-refractivity contribution in [2.24, 2.45) is 5.92 Å². The van der Waals surface area contributed by atoms with Crippen LogP contribution >= 0.6 is 7.82 Å². The number of allylic oxidation sites excluding steroid dienone is 3. The van der Waals surface area contributed by atoms with Crippen molar-refractivity contribution in [3.63, 3.8) is 0 Å². The van der Waals surface area contributed by atoms with Crippen LogP contribution in [-0.4, -0.2) is 28.2 Å². The lowest BCUT2D eigenvalue weighted by molar-refractivity contribution is -0.143. The van der Waals surface area contributed by atoms with E-state index in [9.17, 15) is 19.4 Å². The molecule has 2 aromatic rings. The molecule has 0 fully saturated rings. The maximum atomic E-state index is 13.6. The summed E-state index contributed by atoms with van der Waals surface area (Å²) in [5.74, 6) is -0.774. The molecule has 0 bridgehead atoms. The Bertz CT molecular complexity index is 1230. The third-order valence-corrected chi connectivity index (χ3v) is 7.98. The number of hydrogen-bond donors (Lipinski definition) is 2. The number of phosphoric ester groups is 1. The summed E-state index contributed by atoms with van der Waals surface area (Å²) >= 11 is 0. The Morgan fingerprint density at radius 2 is 1.85 bits per heavy atom. The van der Waals surface area contributed by atoms with Gasteiger partial charge in [0.05, 0.1) is 6.10 Å². The predicted molar refractivity (Wildman–Crippen MR) is 153 cm³/mol. The Morgan fingerprint density at radius 3 is 2.46 bits per heavy atom. The standard InChI is InChI=1S/C31H41O7P/c1-7-11-24-17-27(32)30(26-16-22(6)14-15-25(26)20(2)3)28(19-24)36-31(33)29(18-23-12-9-8-10-13-23)38-39(34,35)37-21(4)5/h8-10,12-13,16-17,19,21,25-26,29,32H,2,7,11,14-15,18H2,1,3-6H3,(H,34,35)/t25-,26+,29?/m0/s1. The molecule has 1 aliphatic carbocycles. The highest BCUT2D eigenvalue weighted by atomic mass is 31.2. The summed E-state index contributed by atoms with van der Waals surface area (Å²) in [4.78, 5) is 24.0. The molecule has 0 heterocycles. The molecule has 0 radical (unpaired) electrons. The van der Waals surface area contributed by atoms with Crippen LogP contribution in [0.1, 0.15) is 76.5 Å². The second kappa shape index (κ2) is 13.6. The van der Waals surface area contributed by atoms with E-state index >= 15 is 0 Å². The van der Waals surface area contributed by atoms with Crippen LogP contribution in [0.4, 0.5) is 0 Å². The molecule has 0 saturated carbocycles. The molecular weight excluding hydrogens is 515 g/mol. The number of carbonyl (C=O) groups excluding carboxylic acids is 1. The van der Waals surface area contributed by atoms with Crippen LogP contribution in [0.15, 0.2) is 66.3 Å². The van der Waals surface area contributed by atoms with Gasteiger partial charge in [0.1, 0.15) is 11.5 Å². The Hall–Kier alpha value is -2.70. The molecule has 39 heavy (non-hydrogen) atoms. The average molecular weight is 557 g/mol. The second-order valence-corrected chi connectivity index (χ2v) is 12.0. The molecule has 212 valence electrons. The summed E-state index contributed by atoms with van der Waals surface area (Å²) in [6, 6.07) is 12.5. The maximum absolute atomic E-state index is 13.6. The van der Waals surface area contributed by atoms with Crippen molar-refractivity contribution in [2.45, 2.75) is 84.8 Å². The number of phenols is 1. The molecule has 0 aromatic heterocycles. The van der Waals surface area contributed by atoms with Gasteiger partial charge in [-0.2, -0.15) is 0 Å². The second-order valence-electron chi connectivity index (χ2n) is 10.6. The first kappa shape index (κ1) is 30.8. The van der Waals surface area contributed by atoms with Gasteiger partial charge in [-0.3, -0.25) is 9.05 Å². The van der Waals surface area contributed by atoms with E-state index in [1.807, 2.05) is 26.8 Å². The normalized spacial score (nSPS) is 19.7. The molecule has 7 nitrogen and oxygen atoms in total. The summed E-state index contributed by atoms with van der Waals surface area (Å²) in [5.41, 5.74) is 4.21. The van der Waals surface area contributed by atoms with Gasteiger partial charge >= 0.3 is 13.8 Å². The number of aromatic hydroxyl groups is 1. The lowest BCUT2D eigenvalue weighted by atomic mass is 9.73. The van der Waals surface area contributed by atoms with E-state index in [2.05, 4.69) is 12.7 Å². The molecule has 8 heteroatoms. The minimum Gasteiger partial charge on any atom is -0.507 e. The van der Waals surface area contributed by atoms with Gasteiger partial charge in [-0.05, 0) is 76.1 Å². The van der Waals surface area contributed by atoms with Gasteiger partial charge in [0.25, 0.3) is 0 Å². The number of phenolic OH excluding ortho intramolecular Hbond substituents is 1. The van der Waals surface area contributed by atoms with Gasteiger partial charge in [-0.1, -0.05) is 67.5 Å². The van der Waals surface area contributed by atoms with E-state index in [1.165, 1.54) is 5.57 Å². The number of esters is 1. The molecule has 4 atom stereocenters. The number of carbonyl (C=O) groups is 1. The zero-order valence-corrected chi connectivity index (χ0v) is 24.4. The van der Waals surface area contributed by atoms with E-state index < -0.39 is 26.0 Å². The maximum Gasteiger partial charge on any atom is 0.473 e. The fourth-order valence-electron chi connectivity index (χ4n) is 5.04. The largest absolute Gasteiger partial charge is 0.507 e. The number of rotatable bonds is 12. The zero-order chi connectivity index (χ0) is 28.7. The highest BCUT2D eigenvalue weighted by molar-refractivity contribution is 7.47. The van der Waals surface area contributed by atoms with Crippen molar-refractivity contribution in [3.05, 3.63) is 83.0 Å². The van der Waals surface area contributed by atoms with Crippen LogP contribution in [-0.2, 0) is 31.2 Å². The number of aryl methyl sites for hydroxylation is 1. The molecule has 0 spiro atoms. The fourth-order valence-corrected chi connectivity index (χ4v) is 6.11. The van der Waals surface area contributed by atoms with Gasteiger partial charge in [0.2, 0.25) is 0 Å². The summed E-state index contributed by atoms with van der Waals surface area (Å²) in [6.45, 7) is 13.4. The van der Waals surface area contributed by atoms with E-state index in [4.69, 9.17) is 13.8 Å². The van der Waals surface area contributed by atoms with Crippen LogP contribution < -0.4 is 4.74 Å². The number of hydrogen-bond acceptors (Lipinski definition) is 6. The number of benzene rings is 2. The van der Waals surface area contributed by atoms with E-state index in [0.29, 0.717) is 12.0 Å². The first-order valence-corrected chi connectivity index (χ1v) is 15.0. The van der Waals surface area contributed by atoms with Crippen molar-refractivity contribution in [3.8, 4) is 11.5 Å². The molecule has 3 rings (SSSR count). The molecule has 0 amide bonds. The van der Waals surface area contributed by atoms with Crippen LogP contribution in [0.25, 0.3) is 0 Å². The molecule has 2 aromatic carbocycles. The molecule has 0 saturated heterocycles. The average Bonchev–Trinajstić information content (AvgIpc) is 2.83. The Labute approximate surface area is 232 Å². The van der Waals surface area contributed by atoms with Gasteiger partial charge in [-0.15, -0.1) is 0 Å². The highest BCUT2D eigenvalue weighted by Crippen LogP contribution is 2.48. The smallest absolute Gasteiger partial charge is 0.473 e. The fraction of sp³-hybridized carbons (Fsp3) is 0.452. The number of phosphoric acid groups is 1. The topological polar surface area (TPSA) is 102 Å². The van der Waals surface area contributed by atoms with Crippen LogP contribution in [0.3, 0.4) is 0 Å². The molecule has 2 N–H and O–H groups in total. The van der Waals surface area contributed by atoms with Gasteiger partial charge in [-0.25, -0.2) is 9.36 Å².